The summed E-state index contributed by atoms with van der Waals surface area (Å²) in [7, 11) is 0. The van der Waals surface area contributed by atoms with E-state index in [-0.39, 0.29) is 0 Å². The van der Waals surface area contributed by atoms with Crippen molar-refractivity contribution in [3.8, 4) is 0 Å². The van der Waals surface area contributed by atoms with E-state index in [4.69, 9.17) is 16.1 Å². The molecule has 2 aromatic rings. The van der Waals surface area contributed by atoms with Crippen LogP contribution in [-0.2, 0) is 13.0 Å². The van der Waals surface area contributed by atoms with Crippen LogP contribution in [-0.4, -0.2) is 16.2 Å². The predicted molar refractivity (Wildman–Crippen MR) is 68.4 cm³/mol. The Hall–Kier alpha value is -1.39. The lowest BCUT2D eigenvalue weighted by molar-refractivity contribution is 0.377. The summed E-state index contributed by atoms with van der Waals surface area (Å²) in [5.74, 6) is 1.37. The molecule has 1 aliphatic carbocycles. The molecule has 1 aromatic carbocycles. The molecule has 0 atom stereocenters. The Balaban J connectivity index is 1.60. The van der Waals surface area contributed by atoms with Gasteiger partial charge in [-0.1, -0.05) is 28.9 Å². The highest BCUT2D eigenvalue weighted by molar-refractivity contribution is 6.30. The Kier molecular flexibility index (Phi) is 3.30. The van der Waals surface area contributed by atoms with Crippen LogP contribution in [0, 0.1) is 0 Å². The van der Waals surface area contributed by atoms with E-state index in [0.29, 0.717) is 24.9 Å². The SMILES string of the molecule is Clc1ccc(Cc2nc(CNC3CC3)no2)cc1. The number of hydrogen-bond acceptors (Lipinski definition) is 4. The van der Waals surface area contributed by atoms with Crippen molar-refractivity contribution in [1.82, 2.24) is 15.5 Å². The van der Waals surface area contributed by atoms with Crippen molar-refractivity contribution in [2.75, 3.05) is 0 Å². The Morgan fingerprint density at radius 2 is 2.06 bits per heavy atom. The summed E-state index contributed by atoms with van der Waals surface area (Å²) < 4.78 is 5.22. The molecule has 1 aliphatic rings. The third kappa shape index (κ3) is 3.09. The summed E-state index contributed by atoms with van der Waals surface area (Å²) >= 11 is 5.84. The summed E-state index contributed by atoms with van der Waals surface area (Å²) in [5.41, 5.74) is 1.12. The maximum absolute atomic E-state index is 5.84. The van der Waals surface area contributed by atoms with E-state index >= 15 is 0 Å². The quantitative estimate of drug-likeness (QED) is 0.901. The average Bonchev–Trinajstić information content (AvgIpc) is 3.10. The summed E-state index contributed by atoms with van der Waals surface area (Å²) in [6.45, 7) is 0.689. The maximum atomic E-state index is 5.84. The molecule has 1 fully saturated rings. The van der Waals surface area contributed by atoms with Gasteiger partial charge in [0.15, 0.2) is 5.82 Å². The molecule has 4 nitrogen and oxygen atoms in total. The van der Waals surface area contributed by atoms with E-state index in [0.717, 1.165) is 16.4 Å². The lowest BCUT2D eigenvalue weighted by Crippen LogP contribution is -2.16. The second-order valence-corrected chi connectivity index (χ2v) is 5.00. The molecular weight excluding hydrogens is 250 g/mol. The zero-order valence-electron chi connectivity index (χ0n) is 9.90. The molecule has 18 heavy (non-hydrogen) atoms. The highest BCUT2D eigenvalue weighted by Crippen LogP contribution is 2.19. The smallest absolute Gasteiger partial charge is 0.231 e. The standard InChI is InChI=1S/C13H14ClN3O/c14-10-3-1-9(2-4-10)7-13-16-12(17-18-13)8-15-11-5-6-11/h1-4,11,15H,5-8H2. The van der Waals surface area contributed by atoms with Gasteiger partial charge in [0.2, 0.25) is 5.89 Å². The first-order chi connectivity index (χ1) is 8.79. The largest absolute Gasteiger partial charge is 0.339 e. The minimum atomic E-state index is 0.643. The summed E-state index contributed by atoms with van der Waals surface area (Å²) in [5, 5.41) is 8.04. The predicted octanol–water partition coefficient (Wildman–Crippen LogP) is 2.57. The van der Waals surface area contributed by atoms with Gasteiger partial charge >= 0.3 is 0 Å². The van der Waals surface area contributed by atoms with Crippen molar-refractivity contribution in [2.24, 2.45) is 0 Å². The summed E-state index contributed by atoms with van der Waals surface area (Å²) in [6.07, 6.45) is 3.17. The number of nitrogens with zero attached hydrogens (tertiary/aromatic N) is 2. The van der Waals surface area contributed by atoms with E-state index in [1.807, 2.05) is 24.3 Å². The van der Waals surface area contributed by atoms with Crippen LogP contribution < -0.4 is 5.32 Å². The van der Waals surface area contributed by atoms with Gasteiger partial charge in [0.1, 0.15) is 0 Å². The van der Waals surface area contributed by atoms with Crippen molar-refractivity contribution >= 4 is 11.6 Å². The lowest BCUT2D eigenvalue weighted by Gasteiger charge is -1.96. The van der Waals surface area contributed by atoms with Crippen LogP contribution in [0.4, 0.5) is 0 Å². The van der Waals surface area contributed by atoms with Crippen molar-refractivity contribution in [3.05, 3.63) is 46.6 Å². The molecule has 0 saturated heterocycles. The van der Waals surface area contributed by atoms with Gasteiger partial charge in [-0.3, -0.25) is 0 Å². The van der Waals surface area contributed by atoms with Gasteiger partial charge < -0.3 is 9.84 Å². The number of benzene rings is 1. The Morgan fingerprint density at radius 1 is 1.28 bits per heavy atom. The Bertz CT molecular complexity index is 519. The molecule has 0 aliphatic heterocycles. The highest BCUT2D eigenvalue weighted by Gasteiger charge is 2.21. The summed E-state index contributed by atoms with van der Waals surface area (Å²) in [4.78, 5) is 4.35. The first-order valence-electron chi connectivity index (χ1n) is 6.09. The van der Waals surface area contributed by atoms with Gasteiger partial charge in [0.05, 0.1) is 13.0 Å². The first kappa shape index (κ1) is 11.7. The zero-order valence-corrected chi connectivity index (χ0v) is 10.7. The Labute approximate surface area is 110 Å². The molecule has 1 saturated carbocycles. The number of nitrogens with one attached hydrogen (secondary N) is 1. The normalized spacial score (nSPS) is 14.9. The maximum Gasteiger partial charge on any atom is 0.231 e. The van der Waals surface area contributed by atoms with Crippen LogP contribution in [0.2, 0.25) is 5.02 Å². The summed E-state index contributed by atoms with van der Waals surface area (Å²) in [6, 6.07) is 8.32. The van der Waals surface area contributed by atoms with Crippen LogP contribution in [0.3, 0.4) is 0 Å². The van der Waals surface area contributed by atoms with Gasteiger partial charge in [-0.2, -0.15) is 4.98 Å². The van der Waals surface area contributed by atoms with Gasteiger partial charge in [-0.05, 0) is 30.5 Å². The second kappa shape index (κ2) is 5.08. The minimum absolute atomic E-state index is 0.643. The van der Waals surface area contributed by atoms with Crippen LogP contribution >= 0.6 is 11.6 Å². The second-order valence-electron chi connectivity index (χ2n) is 4.56. The fourth-order valence-corrected chi connectivity index (χ4v) is 1.86. The van der Waals surface area contributed by atoms with E-state index in [1.165, 1.54) is 12.8 Å². The van der Waals surface area contributed by atoms with E-state index < -0.39 is 0 Å². The van der Waals surface area contributed by atoms with Gasteiger partial charge in [-0.15, -0.1) is 0 Å². The fraction of sp³-hybridized carbons (Fsp3) is 0.385. The zero-order chi connectivity index (χ0) is 12.4. The van der Waals surface area contributed by atoms with Crippen molar-refractivity contribution in [1.29, 1.82) is 0 Å². The topological polar surface area (TPSA) is 51.0 Å². The highest BCUT2D eigenvalue weighted by atomic mass is 35.5. The number of aromatic nitrogens is 2. The molecule has 3 rings (SSSR count). The molecule has 0 amide bonds. The lowest BCUT2D eigenvalue weighted by atomic mass is 10.1. The van der Waals surface area contributed by atoms with E-state index in [9.17, 15) is 0 Å². The van der Waals surface area contributed by atoms with Gasteiger partial charge in [0, 0.05) is 11.1 Å². The first-order valence-corrected chi connectivity index (χ1v) is 6.47. The molecular formula is C13H14ClN3O. The molecule has 94 valence electrons. The monoisotopic (exact) mass is 263 g/mol. The fourth-order valence-electron chi connectivity index (χ4n) is 1.73. The van der Waals surface area contributed by atoms with Gasteiger partial charge in [-0.25, -0.2) is 0 Å². The van der Waals surface area contributed by atoms with Crippen LogP contribution in [0.25, 0.3) is 0 Å². The molecule has 1 N–H and O–H groups in total. The minimum Gasteiger partial charge on any atom is -0.339 e. The molecule has 0 unspecified atom stereocenters. The van der Waals surface area contributed by atoms with Gasteiger partial charge in [0.25, 0.3) is 0 Å². The average molecular weight is 264 g/mol. The van der Waals surface area contributed by atoms with Crippen LogP contribution in [0.15, 0.2) is 28.8 Å². The molecule has 1 aromatic heterocycles. The number of hydrogen-bond donors (Lipinski definition) is 1. The molecule has 0 bridgehead atoms. The molecule has 5 heteroatoms. The third-order valence-corrected chi connectivity index (χ3v) is 3.16. The van der Waals surface area contributed by atoms with Crippen molar-refractivity contribution < 1.29 is 4.52 Å². The van der Waals surface area contributed by atoms with E-state index in [2.05, 4.69) is 15.5 Å². The van der Waals surface area contributed by atoms with Crippen LogP contribution in [0.1, 0.15) is 30.1 Å². The third-order valence-electron chi connectivity index (χ3n) is 2.90. The van der Waals surface area contributed by atoms with Crippen LogP contribution in [0.5, 0.6) is 0 Å². The number of rotatable bonds is 5. The molecule has 0 spiro atoms. The molecule has 1 heterocycles. The van der Waals surface area contributed by atoms with Crippen molar-refractivity contribution in [2.45, 2.75) is 31.8 Å². The van der Waals surface area contributed by atoms with Crippen molar-refractivity contribution in [3.63, 3.8) is 0 Å². The molecule has 0 radical (unpaired) electrons. The van der Waals surface area contributed by atoms with E-state index in [1.54, 1.807) is 0 Å². The number of halogens is 1. The Morgan fingerprint density at radius 3 is 2.78 bits per heavy atom.